The Balaban J connectivity index is 2.04. The lowest BCUT2D eigenvalue weighted by atomic mass is 10.0. The molecule has 0 bridgehead atoms. The van der Waals surface area contributed by atoms with E-state index in [2.05, 4.69) is 29.1 Å². The molecule has 3 N–H and O–H groups in total. The number of likely N-dealkylation sites (tertiary alicyclic amines) is 1. The maximum atomic E-state index is 11.0. The fourth-order valence-electron chi connectivity index (χ4n) is 2.56. The van der Waals surface area contributed by atoms with Crippen molar-refractivity contribution in [1.29, 1.82) is 0 Å². The number of hydrogen-bond acceptors (Lipinski definition) is 3. The monoisotopic (exact) mass is 292 g/mol. The Bertz CT molecular complexity index is 510. The molecule has 0 aliphatic carbocycles. The Morgan fingerprint density at radius 3 is 3.00 bits per heavy atom. The minimum Gasteiger partial charge on any atom is -0.454 e. The number of nitrogens with two attached hydrogens (primary N) is 1. The molecule has 1 unspecified atom stereocenters. The average Bonchev–Trinajstić information content (AvgIpc) is 2.92. The second-order valence-electron chi connectivity index (χ2n) is 5.49. The first-order chi connectivity index (χ1) is 10.1. The minimum atomic E-state index is -0.554. The molecule has 1 aliphatic heterocycles. The Hall–Kier alpha value is -1.98. The number of carbonyl (C=O) groups excluding carboxylic acids is 1. The van der Waals surface area contributed by atoms with E-state index in [1.807, 2.05) is 0 Å². The molecule has 0 radical (unpaired) electrons. The standard InChI is InChI=1S/C15H24N4O2/c1-3-17-15(19-8-4-5-11(2)10-19)18-9-12-6-7-13(21-12)14(16)20/h6-7,11H,3-5,8-10H2,1-2H3,(H2,16,20)(H,17,18). The SMILES string of the molecule is CCNC(=NCc1ccc(C(N)=O)o1)N1CCCC(C)C1. The van der Waals surface area contributed by atoms with Gasteiger partial charge in [0.15, 0.2) is 11.7 Å². The van der Waals surface area contributed by atoms with Crippen molar-refractivity contribution in [1.82, 2.24) is 10.2 Å². The number of furan rings is 1. The van der Waals surface area contributed by atoms with Crippen LogP contribution in [0.1, 0.15) is 43.0 Å². The van der Waals surface area contributed by atoms with Gasteiger partial charge < -0.3 is 20.4 Å². The summed E-state index contributed by atoms with van der Waals surface area (Å²) in [7, 11) is 0. The summed E-state index contributed by atoms with van der Waals surface area (Å²) < 4.78 is 5.35. The number of piperidine rings is 1. The number of carbonyl (C=O) groups is 1. The van der Waals surface area contributed by atoms with E-state index in [0.717, 1.165) is 25.6 Å². The fraction of sp³-hybridized carbons (Fsp3) is 0.600. The first kappa shape index (κ1) is 15.4. The van der Waals surface area contributed by atoms with E-state index in [9.17, 15) is 4.79 Å². The number of rotatable bonds is 4. The largest absolute Gasteiger partial charge is 0.454 e. The van der Waals surface area contributed by atoms with Crippen molar-refractivity contribution >= 4 is 11.9 Å². The summed E-state index contributed by atoms with van der Waals surface area (Å²) in [6.45, 7) is 7.61. The third kappa shape index (κ3) is 4.24. The Labute approximate surface area is 125 Å². The molecule has 6 nitrogen and oxygen atoms in total. The lowest BCUT2D eigenvalue weighted by molar-refractivity contribution is 0.0972. The van der Waals surface area contributed by atoms with Gasteiger partial charge in [-0.1, -0.05) is 6.92 Å². The summed E-state index contributed by atoms with van der Waals surface area (Å²) in [6.07, 6.45) is 2.47. The van der Waals surface area contributed by atoms with Gasteiger partial charge in [0.25, 0.3) is 5.91 Å². The van der Waals surface area contributed by atoms with Crippen LogP contribution >= 0.6 is 0 Å². The van der Waals surface area contributed by atoms with Crippen molar-refractivity contribution in [2.24, 2.45) is 16.6 Å². The predicted molar refractivity (Wildman–Crippen MR) is 82.0 cm³/mol. The van der Waals surface area contributed by atoms with Gasteiger partial charge in [0.1, 0.15) is 12.3 Å². The van der Waals surface area contributed by atoms with Crippen LogP contribution in [0.3, 0.4) is 0 Å². The summed E-state index contributed by atoms with van der Waals surface area (Å²) in [5.74, 6) is 1.86. The molecule has 1 fully saturated rings. The van der Waals surface area contributed by atoms with Gasteiger partial charge in [-0.05, 0) is 37.8 Å². The fourth-order valence-corrected chi connectivity index (χ4v) is 2.56. The maximum Gasteiger partial charge on any atom is 0.284 e. The van der Waals surface area contributed by atoms with Crippen molar-refractivity contribution in [3.05, 3.63) is 23.7 Å². The quantitative estimate of drug-likeness (QED) is 0.652. The first-order valence-electron chi connectivity index (χ1n) is 7.52. The second kappa shape index (κ2) is 7.15. The molecule has 0 saturated carbocycles. The second-order valence-corrected chi connectivity index (χ2v) is 5.49. The van der Waals surface area contributed by atoms with Gasteiger partial charge >= 0.3 is 0 Å². The molecular weight excluding hydrogens is 268 g/mol. The van der Waals surface area contributed by atoms with Gasteiger partial charge in [-0.2, -0.15) is 0 Å². The molecule has 1 aromatic heterocycles. The van der Waals surface area contributed by atoms with Crippen molar-refractivity contribution in [2.45, 2.75) is 33.2 Å². The molecule has 1 aromatic rings. The molecule has 1 amide bonds. The number of nitrogens with one attached hydrogen (secondary N) is 1. The van der Waals surface area contributed by atoms with Gasteiger partial charge in [-0.25, -0.2) is 4.99 Å². The lowest BCUT2D eigenvalue weighted by Gasteiger charge is -2.33. The van der Waals surface area contributed by atoms with E-state index in [1.165, 1.54) is 12.8 Å². The summed E-state index contributed by atoms with van der Waals surface area (Å²) in [5.41, 5.74) is 5.17. The molecular formula is C15H24N4O2. The van der Waals surface area contributed by atoms with Crippen molar-refractivity contribution in [2.75, 3.05) is 19.6 Å². The highest BCUT2D eigenvalue weighted by Gasteiger charge is 2.19. The van der Waals surface area contributed by atoms with Crippen molar-refractivity contribution in [3.63, 3.8) is 0 Å². The third-order valence-electron chi connectivity index (χ3n) is 3.58. The number of guanidine groups is 1. The van der Waals surface area contributed by atoms with E-state index >= 15 is 0 Å². The Kier molecular flexibility index (Phi) is 5.25. The number of nitrogens with zero attached hydrogens (tertiary/aromatic N) is 2. The highest BCUT2D eigenvalue weighted by molar-refractivity contribution is 5.89. The van der Waals surface area contributed by atoms with Crippen molar-refractivity contribution < 1.29 is 9.21 Å². The molecule has 6 heteroatoms. The normalized spacial score (nSPS) is 19.6. The average molecular weight is 292 g/mol. The van der Waals surface area contributed by atoms with Crippen LogP contribution in [0.25, 0.3) is 0 Å². The predicted octanol–water partition coefficient (Wildman–Crippen LogP) is 1.58. The summed E-state index contributed by atoms with van der Waals surface area (Å²) in [6, 6.07) is 3.33. The van der Waals surface area contributed by atoms with Crippen LogP contribution in [0.5, 0.6) is 0 Å². The van der Waals surface area contributed by atoms with E-state index in [-0.39, 0.29) is 5.76 Å². The van der Waals surface area contributed by atoms with Crippen LogP contribution in [-0.4, -0.2) is 36.4 Å². The summed E-state index contributed by atoms with van der Waals surface area (Å²) in [4.78, 5) is 17.9. The van der Waals surface area contributed by atoms with Gasteiger partial charge in [-0.3, -0.25) is 4.79 Å². The highest BCUT2D eigenvalue weighted by Crippen LogP contribution is 2.16. The third-order valence-corrected chi connectivity index (χ3v) is 3.58. The van der Waals surface area contributed by atoms with E-state index in [0.29, 0.717) is 18.2 Å². The Morgan fingerprint density at radius 1 is 1.57 bits per heavy atom. The zero-order valence-corrected chi connectivity index (χ0v) is 12.8. The first-order valence-corrected chi connectivity index (χ1v) is 7.52. The van der Waals surface area contributed by atoms with Crippen LogP contribution in [0.15, 0.2) is 21.5 Å². The minimum absolute atomic E-state index is 0.178. The Morgan fingerprint density at radius 2 is 2.38 bits per heavy atom. The number of aliphatic imine (C=N–C) groups is 1. The molecule has 116 valence electrons. The highest BCUT2D eigenvalue weighted by atomic mass is 16.3. The van der Waals surface area contributed by atoms with Crippen LogP contribution in [-0.2, 0) is 6.54 Å². The number of primary amides is 1. The molecule has 0 aromatic carbocycles. The van der Waals surface area contributed by atoms with Crippen LogP contribution < -0.4 is 11.1 Å². The summed E-state index contributed by atoms with van der Waals surface area (Å²) >= 11 is 0. The van der Waals surface area contributed by atoms with Gasteiger partial charge in [-0.15, -0.1) is 0 Å². The lowest BCUT2D eigenvalue weighted by Crippen LogP contribution is -2.46. The smallest absolute Gasteiger partial charge is 0.284 e. The molecule has 21 heavy (non-hydrogen) atoms. The van der Waals surface area contributed by atoms with E-state index in [1.54, 1.807) is 12.1 Å². The zero-order chi connectivity index (χ0) is 15.2. The topological polar surface area (TPSA) is 83.9 Å². The maximum absolute atomic E-state index is 11.0. The van der Waals surface area contributed by atoms with Crippen LogP contribution in [0.2, 0.25) is 0 Å². The van der Waals surface area contributed by atoms with E-state index < -0.39 is 5.91 Å². The molecule has 1 saturated heterocycles. The van der Waals surface area contributed by atoms with Crippen LogP contribution in [0.4, 0.5) is 0 Å². The van der Waals surface area contributed by atoms with Gasteiger partial charge in [0, 0.05) is 19.6 Å². The van der Waals surface area contributed by atoms with Crippen molar-refractivity contribution in [3.8, 4) is 0 Å². The molecule has 1 aliphatic rings. The number of amides is 1. The molecule has 0 spiro atoms. The van der Waals surface area contributed by atoms with E-state index in [4.69, 9.17) is 10.2 Å². The molecule has 1 atom stereocenters. The van der Waals surface area contributed by atoms with Gasteiger partial charge in [0.2, 0.25) is 0 Å². The number of hydrogen-bond donors (Lipinski definition) is 2. The molecule has 2 rings (SSSR count). The zero-order valence-electron chi connectivity index (χ0n) is 12.8. The summed E-state index contributed by atoms with van der Waals surface area (Å²) in [5, 5.41) is 3.32. The van der Waals surface area contributed by atoms with Gasteiger partial charge in [0.05, 0.1) is 0 Å². The van der Waals surface area contributed by atoms with Crippen LogP contribution in [0, 0.1) is 5.92 Å². The molecule has 2 heterocycles.